The van der Waals surface area contributed by atoms with Gasteiger partial charge in [-0.15, -0.1) is 11.6 Å². The highest BCUT2D eigenvalue weighted by atomic mass is 79.9. The molecule has 0 aliphatic carbocycles. The number of alkyl halides is 1. The van der Waals surface area contributed by atoms with Gasteiger partial charge in [0.15, 0.2) is 0 Å². The number of anilines is 1. The van der Waals surface area contributed by atoms with Crippen molar-refractivity contribution in [1.82, 2.24) is 4.98 Å². The first-order valence-corrected chi connectivity index (χ1v) is 5.45. The van der Waals surface area contributed by atoms with Crippen molar-refractivity contribution in [2.75, 3.05) is 11.2 Å². The van der Waals surface area contributed by atoms with Crippen molar-refractivity contribution in [2.45, 2.75) is 13.3 Å². The number of pyridine rings is 1. The average Bonchev–Trinajstić information content (AvgIpc) is 2.10. The number of hydrogen-bond acceptors (Lipinski definition) is 2. The molecule has 0 aromatic carbocycles. The molecule has 3 nitrogen and oxygen atoms in total. The molecule has 0 atom stereocenters. The Kier molecular flexibility index (Phi) is 4.35. The molecule has 5 heteroatoms. The molecule has 0 radical (unpaired) electrons. The molecule has 0 aliphatic rings. The van der Waals surface area contributed by atoms with Crippen molar-refractivity contribution in [3.05, 3.63) is 22.4 Å². The van der Waals surface area contributed by atoms with Gasteiger partial charge < -0.3 is 5.32 Å². The zero-order valence-corrected chi connectivity index (χ0v) is 10.0. The van der Waals surface area contributed by atoms with Crippen LogP contribution in [0.25, 0.3) is 0 Å². The summed E-state index contributed by atoms with van der Waals surface area (Å²) in [6.45, 7) is 1.83. The first-order chi connectivity index (χ1) is 6.63. The summed E-state index contributed by atoms with van der Waals surface area (Å²) in [5.74, 6) is 0.238. The van der Waals surface area contributed by atoms with E-state index in [1.165, 1.54) is 0 Å². The monoisotopic (exact) mass is 276 g/mol. The van der Waals surface area contributed by atoms with Crippen LogP contribution in [-0.2, 0) is 4.79 Å². The number of amides is 1. The Morgan fingerprint density at radius 3 is 2.93 bits per heavy atom. The number of carbonyl (C=O) groups is 1. The van der Waals surface area contributed by atoms with Gasteiger partial charge in [-0.05, 0) is 35.0 Å². The fourth-order valence-electron chi connectivity index (χ4n) is 0.961. The van der Waals surface area contributed by atoms with Crippen LogP contribution in [0.5, 0.6) is 0 Å². The SMILES string of the molecule is Cc1nc(Br)ccc1NC(=O)CCCl. The normalized spacial score (nSPS) is 9.93. The van der Waals surface area contributed by atoms with Gasteiger partial charge in [0.1, 0.15) is 4.60 Å². The van der Waals surface area contributed by atoms with E-state index in [1.54, 1.807) is 12.1 Å². The van der Waals surface area contributed by atoms with Crippen LogP contribution in [-0.4, -0.2) is 16.8 Å². The summed E-state index contributed by atoms with van der Waals surface area (Å²) in [7, 11) is 0. The molecule has 76 valence electrons. The Hall–Kier alpha value is -0.610. The van der Waals surface area contributed by atoms with Crippen LogP contribution in [0.15, 0.2) is 16.7 Å². The molecule has 0 aliphatic heterocycles. The number of carbonyl (C=O) groups excluding carboxylic acids is 1. The number of nitrogens with one attached hydrogen (secondary N) is 1. The first-order valence-electron chi connectivity index (χ1n) is 4.12. The third-order valence-electron chi connectivity index (χ3n) is 1.65. The molecular formula is C9H10BrClN2O. The fourth-order valence-corrected chi connectivity index (χ4v) is 1.53. The quantitative estimate of drug-likeness (QED) is 0.682. The van der Waals surface area contributed by atoms with Crippen molar-refractivity contribution in [3.8, 4) is 0 Å². The molecule has 14 heavy (non-hydrogen) atoms. The summed E-state index contributed by atoms with van der Waals surface area (Å²) in [6, 6.07) is 3.59. The Bertz CT molecular complexity index is 344. The lowest BCUT2D eigenvalue weighted by molar-refractivity contribution is -0.115. The van der Waals surface area contributed by atoms with Gasteiger partial charge >= 0.3 is 0 Å². The van der Waals surface area contributed by atoms with E-state index in [0.717, 1.165) is 16.0 Å². The fraction of sp³-hybridized carbons (Fsp3) is 0.333. The number of rotatable bonds is 3. The van der Waals surface area contributed by atoms with E-state index in [4.69, 9.17) is 11.6 Å². The smallest absolute Gasteiger partial charge is 0.225 e. The molecule has 0 saturated carbocycles. The van der Waals surface area contributed by atoms with Gasteiger partial charge in [-0.2, -0.15) is 0 Å². The lowest BCUT2D eigenvalue weighted by Crippen LogP contribution is -2.12. The van der Waals surface area contributed by atoms with Crippen LogP contribution in [0, 0.1) is 6.92 Å². The van der Waals surface area contributed by atoms with E-state index in [2.05, 4.69) is 26.2 Å². The molecule has 0 saturated heterocycles. The predicted octanol–water partition coefficient (Wildman–Crippen LogP) is 2.72. The molecule has 1 rings (SSSR count). The maximum Gasteiger partial charge on any atom is 0.225 e. The largest absolute Gasteiger partial charge is 0.324 e. The molecule has 0 spiro atoms. The van der Waals surface area contributed by atoms with Gasteiger partial charge in [-0.3, -0.25) is 4.79 Å². The maximum absolute atomic E-state index is 11.2. The van der Waals surface area contributed by atoms with Gasteiger partial charge in [-0.1, -0.05) is 0 Å². The number of aromatic nitrogens is 1. The van der Waals surface area contributed by atoms with Crippen molar-refractivity contribution < 1.29 is 4.79 Å². The minimum atomic E-state index is -0.0905. The van der Waals surface area contributed by atoms with Gasteiger partial charge in [0, 0.05) is 12.3 Å². The van der Waals surface area contributed by atoms with Crippen LogP contribution in [0.4, 0.5) is 5.69 Å². The molecule has 0 unspecified atom stereocenters. The second kappa shape index (κ2) is 5.32. The summed E-state index contributed by atoms with van der Waals surface area (Å²) in [5.41, 5.74) is 1.51. The molecule has 1 aromatic heterocycles. The van der Waals surface area contributed by atoms with Crippen molar-refractivity contribution in [1.29, 1.82) is 0 Å². The topological polar surface area (TPSA) is 42.0 Å². The van der Waals surface area contributed by atoms with Crippen LogP contribution in [0.2, 0.25) is 0 Å². The van der Waals surface area contributed by atoms with Gasteiger partial charge in [-0.25, -0.2) is 4.98 Å². The Balaban J connectivity index is 2.72. The van der Waals surface area contributed by atoms with E-state index in [0.29, 0.717) is 12.3 Å². The maximum atomic E-state index is 11.2. The third-order valence-corrected chi connectivity index (χ3v) is 2.28. The highest BCUT2D eigenvalue weighted by Crippen LogP contribution is 2.16. The molecular weight excluding hydrogens is 267 g/mol. The summed E-state index contributed by atoms with van der Waals surface area (Å²) in [6.07, 6.45) is 0.317. The van der Waals surface area contributed by atoms with Gasteiger partial charge in [0.2, 0.25) is 5.91 Å². The Morgan fingerprint density at radius 1 is 1.64 bits per heavy atom. The second-order valence-electron chi connectivity index (χ2n) is 2.75. The zero-order valence-electron chi connectivity index (χ0n) is 7.68. The van der Waals surface area contributed by atoms with Crippen LogP contribution in [0.3, 0.4) is 0 Å². The molecule has 0 bridgehead atoms. The minimum absolute atomic E-state index is 0.0905. The molecule has 1 N–H and O–H groups in total. The van der Waals surface area contributed by atoms with E-state index in [-0.39, 0.29) is 5.91 Å². The number of hydrogen-bond donors (Lipinski definition) is 1. The van der Waals surface area contributed by atoms with Gasteiger partial charge in [0.05, 0.1) is 11.4 Å². The number of aryl methyl sites for hydroxylation is 1. The standard InChI is InChI=1S/C9H10BrClN2O/c1-6-7(2-3-8(10)12-6)13-9(14)4-5-11/h2-3H,4-5H2,1H3,(H,13,14). The number of halogens is 2. The highest BCUT2D eigenvalue weighted by molar-refractivity contribution is 9.10. The van der Waals surface area contributed by atoms with Crippen molar-refractivity contribution in [2.24, 2.45) is 0 Å². The molecule has 0 fully saturated rings. The van der Waals surface area contributed by atoms with Crippen LogP contribution >= 0.6 is 27.5 Å². The molecule has 1 heterocycles. The van der Waals surface area contributed by atoms with Crippen molar-refractivity contribution >= 4 is 39.1 Å². The minimum Gasteiger partial charge on any atom is -0.324 e. The summed E-state index contributed by atoms with van der Waals surface area (Å²) in [4.78, 5) is 15.4. The van der Waals surface area contributed by atoms with Crippen LogP contribution in [0.1, 0.15) is 12.1 Å². The summed E-state index contributed by atoms with van der Waals surface area (Å²) < 4.78 is 0.755. The van der Waals surface area contributed by atoms with Gasteiger partial charge in [0.25, 0.3) is 0 Å². The lowest BCUT2D eigenvalue weighted by atomic mass is 10.3. The third kappa shape index (κ3) is 3.27. The Labute approximate surface area is 96.0 Å². The predicted molar refractivity (Wildman–Crippen MR) is 60.6 cm³/mol. The highest BCUT2D eigenvalue weighted by Gasteiger charge is 2.04. The first kappa shape index (κ1) is 11.5. The summed E-state index contributed by atoms with van der Waals surface area (Å²) >= 11 is 8.69. The second-order valence-corrected chi connectivity index (χ2v) is 3.94. The Morgan fingerprint density at radius 2 is 2.36 bits per heavy atom. The van der Waals surface area contributed by atoms with Crippen molar-refractivity contribution in [3.63, 3.8) is 0 Å². The van der Waals surface area contributed by atoms with E-state index in [9.17, 15) is 4.79 Å². The zero-order chi connectivity index (χ0) is 10.6. The lowest BCUT2D eigenvalue weighted by Gasteiger charge is -2.06. The average molecular weight is 278 g/mol. The molecule has 1 amide bonds. The summed E-state index contributed by atoms with van der Waals surface area (Å²) in [5, 5.41) is 2.73. The number of nitrogens with zero attached hydrogens (tertiary/aromatic N) is 1. The van der Waals surface area contributed by atoms with E-state index in [1.807, 2.05) is 6.92 Å². The van der Waals surface area contributed by atoms with E-state index < -0.39 is 0 Å². The van der Waals surface area contributed by atoms with E-state index >= 15 is 0 Å². The van der Waals surface area contributed by atoms with Crippen LogP contribution < -0.4 is 5.32 Å². The molecule has 1 aromatic rings.